The third kappa shape index (κ3) is 4.39. The van der Waals surface area contributed by atoms with Gasteiger partial charge in [0.2, 0.25) is 0 Å². The van der Waals surface area contributed by atoms with E-state index in [-0.39, 0.29) is 23.0 Å². The number of benzene rings is 1. The second kappa shape index (κ2) is 7.54. The summed E-state index contributed by atoms with van der Waals surface area (Å²) in [7, 11) is 1.35. The molecule has 0 radical (unpaired) electrons. The number of hydrogen-bond donors (Lipinski definition) is 1. The van der Waals surface area contributed by atoms with Crippen molar-refractivity contribution >= 4 is 11.9 Å². The van der Waals surface area contributed by atoms with Crippen LogP contribution in [0.25, 0.3) is 0 Å². The lowest BCUT2D eigenvalue weighted by Crippen LogP contribution is -3.00. The van der Waals surface area contributed by atoms with Gasteiger partial charge in [-0.05, 0) is 18.2 Å². The van der Waals surface area contributed by atoms with E-state index in [1.807, 2.05) is 22.9 Å². The molecule has 0 atom stereocenters. The van der Waals surface area contributed by atoms with Crippen LogP contribution in [-0.2, 0) is 11.3 Å². The molecule has 21 heavy (non-hydrogen) atoms. The minimum atomic E-state index is -0.458. The van der Waals surface area contributed by atoms with Crippen molar-refractivity contribution in [1.29, 1.82) is 0 Å². The van der Waals surface area contributed by atoms with E-state index in [1.54, 1.807) is 30.5 Å². The first-order valence-electron chi connectivity index (χ1n) is 6.06. The van der Waals surface area contributed by atoms with Crippen LogP contribution in [0.2, 0.25) is 0 Å². The number of primary amides is 1. The zero-order valence-corrected chi connectivity index (χ0v) is 13.0. The second-order valence-corrected chi connectivity index (χ2v) is 4.32. The Hall–Kier alpha value is -2.21. The van der Waals surface area contributed by atoms with Gasteiger partial charge in [0.05, 0.1) is 12.7 Å². The summed E-state index contributed by atoms with van der Waals surface area (Å²) in [6, 6.07) is 10.5. The third-order valence-corrected chi connectivity index (χ3v) is 2.88. The summed E-state index contributed by atoms with van der Waals surface area (Å²) < 4.78 is 6.50. The molecule has 0 saturated carbocycles. The fourth-order valence-corrected chi connectivity index (χ4v) is 1.84. The quantitative estimate of drug-likeness (QED) is 0.507. The average molecular weight is 352 g/mol. The van der Waals surface area contributed by atoms with Gasteiger partial charge in [0, 0.05) is 11.6 Å². The predicted molar refractivity (Wildman–Crippen MR) is 72.0 cm³/mol. The Morgan fingerprint density at radius 2 is 1.81 bits per heavy atom. The van der Waals surface area contributed by atoms with Gasteiger partial charge in [-0.2, -0.15) is 4.57 Å². The van der Waals surface area contributed by atoms with Gasteiger partial charge in [0.25, 0.3) is 5.91 Å². The number of methoxy groups -OCH3 is 1. The zero-order valence-electron chi connectivity index (χ0n) is 11.5. The molecule has 2 N–H and O–H groups in total. The number of aromatic nitrogens is 1. The molecule has 0 aliphatic heterocycles. The monoisotopic (exact) mass is 351 g/mol. The van der Waals surface area contributed by atoms with Gasteiger partial charge in [0.15, 0.2) is 18.9 Å². The SMILES string of the molecule is COC(=O)c1ccc(C[15n+]2cccc(C(N)=O)c2)cc1.[Br-]. The average Bonchev–Trinajstić information content (AvgIpc) is 2.47. The maximum Gasteiger partial charge on any atom is 0.337 e. The molecule has 0 fully saturated rings. The number of amides is 1. The van der Waals surface area contributed by atoms with E-state index >= 15 is 0 Å². The number of esters is 1. The van der Waals surface area contributed by atoms with Crippen molar-refractivity contribution in [2.45, 2.75) is 6.54 Å². The highest BCUT2D eigenvalue weighted by atomic mass is 79.9. The number of pyridine rings is 1. The smallest absolute Gasteiger partial charge is 0.337 e. The maximum absolute atomic E-state index is 11.3. The van der Waals surface area contributed by atoms with Gasteiger partial charge in [-0.25, -0.2) is 4.79 Å². The highest BCUT2D eigenvalue weighted by molar-refractivity contribution is 5.92. The molecule has 0 saturated heterocycles. The fourth-order valence-electron chi connectivity index (χ4n) is 1.84. The van der Waals surface area contributed by atoms with Crippen molar-refractivity contribution in [3.05, 3.63) is 65.5 Å². The standard InChI is InChI=1S/C15H14N2O3.BrH/c1-20-15(19)12-6-4-11(5-7-12)9-17-8-2-3-13(10-17)14(16)18;/h2-8,10H,9H2,1H3,(H-,16,18);1H/i17+1;. The first-order valence-corrected chi connectivity index (χ1v) is 6.06. The van der Waals surface area contributed by atoms with Crippen molar-refractivity contribution in [1.82, 2.24) is 0 Å². The molecule has 0 aliphatic carbocycles. The Morgan fingerprint density at radius 3 is 2.38 bits per heavy atom. The van der Waals surface area contributed by atoms with Crippen molar-refractivity contribution in [2.75, 3.05) is 7.11 Å². The molecular weight excluding hydrogens is 337 g/mol. The molecule has 0 spiro atoms. The molecule has 110 valence electrons. The lowest BCUT2D eigenvalue weighted by atomic mass is 10.1. The molecule has 1 amide bonds. The molecule has 6 heteroatoms. The molecule has 5 nitrogen and oxygen atoms in total. The van der Waals surface area contributed by atoms with E-state index in [1.165, 1.54) is 7.11 Å². The van der Waals surface area contributed by atoms with Crippen LogP contribution in [-0.4, -0.2) is 19.0 Å². The Labute approximate surface area is 133 Å². The Balaban J connectivity index is 0.00000220. The normalized spacial score (nSPS) is 9.57. The highest BCUT2D eigenvalue weighted by Crippen LogP contribution is 2.05. The summed E-state index contributed by atoms with van der Waals surface area (Å²) in [6.07, 6.45) is 3.54. The lowest BCUT2D eigenvalue weighted by Gasteiger charge is -2.01. The van der Waals surface area contributed by atoms with Gasteiger partial charge in [-0.15, -0.1) is 0 Å². The van der Waals surface area contributed by atoms with Gasteiger partial charge < -0.3 is 27.5 Å². The Kier molecular flexibility index (Phi) is 6.05. The van der Waals surface area contributed by atoms with Crippen molar-refractivity contribution < 1.29 is 35.9 Å². The van der Waals surface area contributed by atoms with Crippen LogP contribution in [0.5, 0.6) is 0 Å². The van der Waals surface area contributed by atoms with Gasteiger partial charge in [-0.3, -0.25) is 4.79 Å². The van der Waals surface area contributed by atoms with Crippen LogP contribution in [0.4, 0.5) is 0 Å². The number of ether oxygens (including phenoxy) is 1. The first kappa shape index (κ1) is 16.8. The van der Waals surface area contributed by atoms with Crippen molar-refractivity contribution in [2.24, 2.45) is 5.73 Å². The van der Waals surface area contributed by atoms with E-state index < -0.39 is 5.91 Å². The van der Waals surface area contributed by atoms with Crippen LogP contribution in [0, 0.1) is 0 Å². The van der Waals surface area contributed by atoms with Crippen molar-refractivity contribution in [3.8, 4) is 0 Å². The Morgan fingerprint density at radius 1 is 1.14 bits per heavy atom. The van der Waals surface area contributed by atoms with Crippen LogP contribution in [0.15, 0.2) is 48.8 Å². The molecule has 0 aliphatic rings. The predicted octanol–water partition coefficient (Wildman–Crippen LogP) is -2.09. The molecular formula is C15H15BrN2O3. The zero-order chi connectivity index (χ0) is 14.5. The lowest BCUT2D eigenvalue weighted by molar-refractivity contribution is -0.688. The number of halogens is 1. The fraction of sp³-hybridized carbons (Fsp3) is 0.133. The van der Waals surface area contributed by atoms with E-state index in [0.717, 1.165) is 5.56 Å². The van der Waals surface area contributed by atoms with Crippen LogP contribution in [0.3, 0.4) is 0 Å². The number of carbonyl (C=O) groups excluding carboxylic acids is 2. The summed E-state index contributed by atoms with van der Waals surface area (Å²) in [4.78, 5) is 22.4. The minimum Gasteiger partial charge on any atom is -1.00 e. The van der Waals surface area contributed by atoms with E-state index in [0.29, 0.717) is 17.7 Å². The van der Waals surface area contributed by atoms with Crippen LogP contribution in [0.1, 0.15) is 26.3 Å². The molecule has 1 heterocycles. The summed E-state index contributed by atoms with van der Waals surface area (Å²) in [5.74, 6) is -0.819. The minimum absolute atomic E-state index is 0. The van der Waals surface area contributed by atoms with Gasteiger partial charge in [0.1, 0.15) is 5.56 Å². The summed E-state index contributed by atoms with van der Waals surface area (Å²) in [5.41, 5.74) is 7.21. The number of hydrogen-bond acceptors (Lipinski definition) is 3. The Bertz CT molecular complexity index is 642. The van der Waals surface area contributed by atoms with Gasteiger partial charge in [-0.1, -0.05) is 12.1 Å². The summed E-state index contributed by atoms with van der Waals surface area (Å²) in [6.45, 7) is 0.586. The highest BCUT2D eigenvalue weighted by Gasteiger charge is 2.09. The van der Waals surface area contributed by atoms with Crippen molar-refractivity contribution in [3.63, 3.8) is 0 Å². The number of nitrogens with two attached hydrogens (primary N) is 1. The maximum atomic E-state index is 11.3. The second-order valence-electron chi connectivity index (χ2n) is 4.32. The first-order chi connectivity index (χ1) is 9.60. The van der Waals surface area contributed by atoms with Gasteiger partial charge >= 0.3 is 5.97 Å². The number of carbonyl (C=O) groups is 2. The van der Waals surface area contributed by atoms with E-state index in [2.05, 4.69) is 4.74 Å². The number of nitrogens with zero attached hydrogens (tertiary/aromatic N) is 1. The van der Waals surface area contributed by atoms with E-state index in [4.69, 9.17) is 5.73 Å². The van der Waals surface area contributed by atoms with E-state index in [9.17, 15) is 9.59 Å². The summed E-state index contributed by atoms with van der Waals surface area (Å²) in [5, 5.41) is 0. The summed E-state index contributed by atoms with van der Waals surface area (Å²) >= 11 is 0. The molecule has 1 aromatic heterocycles. The molecule has 1 aromatic carbocycles. The molecule has 0 bridgehead atoms. The molecule has 2 rings (SSSR count). The molecule has 0 unspecified atom stereocenters. The number of rotatable bonds is 4. The largest absolute Gasteiger partial charge is 1.00 e. The third-order valence-electron chi connectivity index (χ3n) is 2.88. The molecule has 2 aromatic rings. The van der Waals surface area contributed by atoms with Crippen LogP contribution < -0.4 is 27.3 Å². The topological polar surface area (TPSA) is 73.3 Å². The van der Waals surface area contributed by atoms with Crippen LogP contribution >= 0.6 is 0 Å².